The summed E-state index contributed by atoms with van der Waals surface area (Å²) in [7, 11) is 1.27. The molecule has 8 nitrogen and oxygen atoms in total. The van der Waals surface area contributed by atoms with Crippen LogP contribution in [0.4, 0.5) is 8.78 Å². The van der Waals surface area contributed by atoms with Crippen LogP contribution in [0, 0.1) is 0 Å². The summed E-state index contributed by atoms with van der Waals surface area (Å²) in [4.78, 5) is 11.4. The van der Waals surface area contributed by atoms with E-state index in [1.54, 1.807) is 18.2 Å². The van der Waals surface area contributed by atoms with E-state index in [1.165, 1.54) is 41.7 Å². The average molecular weight is 396 g/mol. The molecule has 0 atom stereocenters. The minimum atomic E-state index is -2.89. The first kappa shape index (κ1) is 18.7. The lowest BCUT2D eigenvalue weighted by molar-refractivity contribution is -0.0498. The van der Waals surface area contributed by atoms with Crippen molar-refractivity contribution in [3.05, 3.63) is 47.9 Å². The van der Waals surface area contributed by atoms with Crippen molar-refractivity contribution in [2.75, 3.05) is 13.0 Å². The SMILES string of the molecule is COC(=O)c1ccc(CSc2nnc(-c3ccc(OC(F)F)cc3)n2N)o1. The third-order valence-corrected chi connectivity index (χ3v) is 4.36. The molecule has 0 aliphatic heterocycles. The summed E-state index contributed by atoms with van der Waals surface area (Å²) < 4.78 is 39.9. The molecule has 2 heterocycles. The Hall–Kier alpha value is -3.08. The van der Waals surface area contributed by atoms with Gasteiger partial charge in [0.1, 0.15) is 11.5 Å². The van der Waals surface area contributed by atoms with Crippen LogP contribution in [0.5, 0.6) is 5.75 Å². The number of benzene rings is 1. The first-order valence-corrected chi connectivity index (χ1v) is 8.52. The first-order chi connectivity index (χ1) is 13.0. The van der Waals surface area contributed by atoms with E-state index >= 15 is 0 Å². The zero-order valence-electron chi connectivity index (χ0n) is 14.0. The van der Waals surface area contributed by atoms with Gasteiger partial charge < -0.3 is 19.7 Å². The number of carbonyl (C=O) groups excluding carboxylic acids is 1. The Morgan fingerprint density at radius 2 is 2.00 bits per heavy atom. The van der Waals surface area contributed by atoms with Crippen molar-refractivity contribution in [2.45, 2.75) is 17.5 Å². The molecule has 0 bridgehead atoms. The number of hydrogen-bond acceptors (Lipinski definition) is 8. The van der Waals surface area contributed by atoms with E-state index < -0.39 is 12.6 Å². The molecule has 27 heavy (non-hydrogen) atoms. The largest absolute Gasteiger partial charge is 0.463 e. The third kappa shape index (κ3) is 4.37. The summed E-state index contributed by atoms with van der Waals surface area (Å²) in [5.41, 5.74) is 0.587. The highest BCUT2D eigenvalue weighted by atomic mass is 32.2. The molecule has 0 aliphatic carbocycles. The molecule has 2 aromatic heterocycles. The van der Waals surface area contributed by atoms with Gasteiger partial charge in [-0.2, -0.15) is 8.78 Å². The fraction of sp³-hybridized carbons (Fsp3) is 0.188. The second kappa shape index (κ2) is 8.08. The summed E-state index contributed by atoms with van der Waals surface area (Å²) >= 11 is 1.25. The molecule has 1 aromatic carbocycles. The lowest BCUT2D eigenvalue weighted by Gasteiger charge is -2.06. The van der Waals surface area contributed by atoms with Gasteiger partial charge in [0.15, 0.2) is 5.82 Å². The van der Waals surface area contributed by atoms with Crippen molar-refractivity contribution >= 4 is 17.7 Å². The number of rotatable bonds is 7. The van der Waals surface area contributed by atoms with Crippen molar-refractivity contribution in [3.63, 3.8) is 0 Å². The maximum atomic E-state index is 12.2. The molecule has 0 aliphatic rings. The van der Waals surface area contributed by atoms with Gasteiger partial charge in [0.05, 0.1) is 12.9 Å². The van der Waals surface area contributed by atoms with E-state index in [2.05, 4.69) is 19.7 Å². The predicted molar refractivity (Wildman–Crippen MR) is 91.8 cm³/mol. The van der Waals surface area contributed by atoms with Crippen LogP contribution in [0.15, 0.2) is 46.0 Å². The van der Waals surface area contributed by atoms with Crippen LogP contribution >= 0.6 is 11.8 Å². The number of carbonyl (C=O) groups is 1. The molecule has 11 heteroatoms. The lowest BCUT2D eigenvalue weighted by Crippen LogP contribution is -2.11. The van der Waals surface area contributed by atoms with E-state index in [4.69, 9.17) is 10.3 Å². The van der Waals surface area contributed by atoms with Gasteiger partial charge in [-0.3, -0.25) is 0 Å². The number of ether oxygens (including phenoxy) is 2. The van der Waals surface area contributed by atoms with Gasteiger partial charge in [0.2, 0.25) is 10.9 Å². The number of esters is 1. The standard InChI is InChI=1S/C16H14F2N4O4S/c1-24-14(23)12-7-6-11(25-12)8-27-16-21-20-13(22(16)19)9-2-4-10(5-3-9)26-15(17)18/h2-7,15H,8,19H2,1H3. The zero-order valence-corrected chi connectivity index (χ0v) is 14.8. The molecule has 3 aromatic rings. The Balaban J connectivity index is 1.68. The van der Waals surface area contributed by atoms with Gasteiger partial charge in [-0.1, -0.05) is 11.8 Å². The topological polar surface area (TPSA) is 105 Å². The Labute approximate surface area is 156 Å². The summed E-state index contributed by atoms with van der Waals surface area (Å²) in [5, 5.41) is 8.42. The number of aromatic nitrogens is 3. The van der Waals surface area contributed by atoms with E-state index in [0.29, 0.717) is 28.1 Å². The molecular weight excluding hydrogens is 382 g/mol. The fourth-order valence-corrected chi connectivity index (χ4v) is 2.91. The second-order valence-corrected chi connectivity index (χ2v) is 6.07. The monoisotopic (exact) mass is 396 g/mol. The van der Waals surface area contributed by atoms with E-state index in [9.17, 15) is 13.6 Å². The van der Waals surface area contributed by atoms with Crippen molar-refractivity contribution < 1.29 is 27.5 Å². The Bertz CT molecular complexity index is 927. The molecule has 0 fully saturated rings. The van der Waals surface area contributed by atoms with E-state index in [0.717, 1.165) is 0 Å². The number of thioether (sulfide) groups is 1. The molecule has 2 N–H and O–H groups in total. The summed E-state index contributed by atoms with van der Waals surface area (Å²) in [6.45, 7) is -2.89. The van der Waals surface area contributed by atoms with Gasteiger partial charge in [-0.25, -0.2) is 9.47 Å². The molecule has 142 valence electrons. The molecule has 0 saturated heterocycles. The smallest absolute Gasteiger partial charge is 0.387 e. The van der Waals surface area contributed by atoms with Crippen molar-refractivity contribution in [3.8, 4) is 17.1 Å². The van der Waals surface area contributed by atoms with Crippen LogP contribution in [0.1, 0.15) is 16.3 Å². The molecule has 0 radical (unpaired) electrons. The van der Waals surface area contributed by atoms with Crippen molar-refractivity contribution in [2.24, 2.45) is 0 Å². The van der Waals surface area contributed by atoms with Crippen LogP contribution in [0.3, 0.4) is 0 Å². The van der Waals surface area contributed by atoms with Crippen molar-refractivity contribution in [1.82, 2.24) is 14.9 Å². The second-order valence-electron chi connectivity index (χ2n) is 5.13. The minimum Gasteiger partial charge on any atom is -0.463 e. The number of methoxy groups -OCH3 is 1. The van der Waals surface area contributed by atoms with Crippen LogP contribution < -0.4 is 10.6 Å². The van der Waals surface area contributed by atoms with Crippen LogP contribution in [0.2, 0.25) is 0 Å². The molecule has 0 unspecified atom stereocenters. The maximum absolute atomic E-state index is 12.2. The number of nitrogens with two attached hydrogens (primary N) is 1. The molecule has 3 rings (SSSR count). The van der Waals surface area contributed by atoms with Gasteiger partial charge in [0, 0.05) is 5.56 Å². The Morgan fingerprint density at radius 1 is 1.26 bits per heavy atom. The normalized spacial score (nSPS) is 11.0. The first-order valence-electron chi connectivity index (χ1n) is 7.53. The molecule has 0 amide bonds. The van der Waals surface area contributed by atoms with Gasteiger partial charge in [0.25, 0.3) is 0 Å². The maximum Gasteiger partial charge on any atom is 0.387 e. The lowest BCUT2D eigenvalue weighted by atomic mass is 10.2. The van der Waals surface area contributed by atoms with Gasteiger partial charge >= 0.3 is 12.6 Å². The Kier molecular flexibility index (Phi) is 5.60. The minimum absolute atomic E-state index is 0.0330. The highest BCUT2D eigenvalue weighted by molar-refractivity contribution is 7.98. The molecule has 0 saturated carbocycles. The van der Waals surface area contributed by atoms with Gasteiger partial charge in [-0.05, 0) is 36.4 Å². The number of alkyl halides is 2. The van der Waals surface area contributed by atoms with E-state index in [-0.39, 0.29) is 11.5 Å². The van der Waals surface area contributed by atoms with Crippen LogP contribution in [-0.4, -0.2) is 34.6 Å². The number of nitrogen functional groups attached to an aromatic ring is 1. The Morgan fingerprint density at radius 3 is 2.67 bits per heavy atom. The molecule has 0 spiro atoms. The van der Waals surface area contributed by atoms with Crippen LogP contribution in [-0.2, 0) is 10.5 Å². The van der Waals surface area contributed by atoms with Crippen molar-refractivity contribution in [1.29, 1.82) is 0 Å². The summed E-state index contributed by atoms with van der Waals surface area (Å²) in [5.74, 6) is 6.85. The number of nitrogens with zero attached hydrogens (tertiary/aromatic N) is 3. The number of halogens is 2. The summed E-state index contributed by atoms with van der Waals surface area (Å²) in [6.07, 6.45) is 0. The average Bonchev–Trinajstić information content (AvgIpc) is 3.26. The molecular formula is C16H14F2N4O4S. The highest BCUT2D eigenvalue weighted by Crippen LogP contribution is 2.26. The zero-order chi connectivity index (χ0) is 19.4. The number of furan rings is 1. The van der Waals surface area contributed by atoms with E-state index in [1.807, 2.05) is 0 Å². The number of hydrogen-bond donors (Lipinski definition) is 1. The van der Waals surface area contributed by atoms with Crippen LogP contribution in [0.25, 0.3) is 11.4 Å². The fourth-order valence-electron chi connectivity index (χ4n) is 2.16. The summed E-state index contributed by atoms with van der Waals surface area (Å²) in [6, 6.07) is 9.05. The predicted octanol–water partition coefficient (Wildman–Crippen LogP) is 2.93. The van der Waals surface area contributed by atoms with Gasteiger partial charge in [-0.15, -0.1) is 10.2 Å². The third-order valence-electron chi connectivity index (χ3n) is 3.39. The quantitative estimate of drug-likeness (QED) is 0.369. The highest BCUT2D eigenvalue weighted by Gasteiger charge is 2.15.